The van der Waals surface area contributed by atoms with E-state index in [0.717, 1.165) is 12.1 Å². The highest BCUT2D eigenvalue weighted by Gasteiger charge is 2.27. The molecule has 7 nitrogen and oxygen atoms in total. The maximum atomic E-state index is 13.0. The van der Waals surface area contributed by atoms with Crippen LogP contribution < -0.4 is 5.32 Å². The van der Waals surface area contributed by atoms with Gasteiger partial charge in [0.25, 0.3) is 18.5 Å². The molecule has 1 aromatic carbocycles. The minimum absolute atomic E-state index is 0.183. The summed E-state index contributed by atoms with van der Waals surface area (Å²) in [6, 6.07) is 4.05. The van der Waals surface area contributed by atoms with Gasteiger partial charge >= 0.3 is 0 Å². The van der Waals surface area contributed by atoms with Crippen LogP contribution in [-0.4, -0.2) is 20.6 Å². The van der Waals surface area contributed by atoms with E-state index in [4.69, 9.17) is 0 Å². The van der Waals surface area contributed by atoms with Crippen LogP contribution in [-0.2, 0) is 4.79 Å². The number of carbonyl (C=O) groups is 1. The van der Waals surface area contributed by atoms with Crippen molar-refractivity contribution in [3.8, 4) is 0 Å². The summed E-state index contributed by atoms with van der Waals surface area (Å²) in [5.74, 6) is -0.792. The lowest BCUT2D eigenvalue weighted by Gasteiger charge is -2.15. The predicted molar refractivity (Wildman–Crippen MR) is 78.6 cm³/mol. The Balaban J connectivity index is 2.20. The summed E-state index contributed by atoms with van der Waals surface area (Å²) < 4.78 is 51.8. The van der Waals surface area contributed by atoms with E-state index >= 15 is 0 Å². The number of carbonyl (C=O) groups excluding carboxylic acids is 1. The summed E-state index contributed by atoms with van der Waals surface area (Å²) in [7, 11) is 0. The molecule has 0 saturated carbocycles. The highest BCUT2D eigenvalue weighted by atomic mass is 19.3. The van der Waals surface area contributed by atoms with Crippen molar-refractivity contribution >= 4 is 17.3 Å². The van der Waals surface area contributed by atoms with E-state index in [-0.39, 0.29) is 11.4 Å². The van der Waals surface area contributed by atoms with Gasteiger partial charge in [0.15, 0.2) is 0 Å². The number of benzene rings is 1. The molecule has 11 heteroatoms. The molecule has 0 radical (unpaired) electrons. The van der Waals surface area contributed by atoms with Crippen molar-refractivity contribution in [2.45, 2.75) is 25.8 Å². The number of anilines is 1. The standard InChI is InChI=1S/C14H12F4N4O3/c1-7(21-11(13(17)18)6-10(20-21)12(15)16)14(23)19-8-2-4-9(5-3-8)22(24)25/h2-7,12-13H,1H3,(H,19,23). The average molecular weight is 360 g/mol. The maximum absolute atomic E-state index is 13.0. The molecule has 134 valence electrons. The largest absolute Gasteiger partial charge is 0.324 e. The summed E-state index contributed by atoms with van der Waals surface area (Å²) in [5.41, 5.74) is -1.67. The van der Waals surface area contributed by atoms with Gasteiger partial charge in [-0.1, -0.05) is 0 Å². The zero-order chi connectivity index (χ0) is 18.7. The molecule has 0 fully saturated rings. The maximum Gasteiger partial charge on any atom is 0.282 e. The third-order valence-corrected chi connectivity index (χ3v) is 3.32. The molecule has 0 aliphatic rings. The van der Waals surface area contributed by atoms with Crippen LogP contribution in [0.25, 0.3) is 0 Å². The molecule has 1 unspecified atom stereocenters. The van der Waals surface area contributed by atoms with Gasteiger partial charge in [0.1, 0.15) is 17.4 Å². The fourth-order valence-electron chi connectivity index (χ4n) is 2.03. The van der Waals surface area contributed by atoms with Gasteiger partial charge in [-0.25, -0.2) is 17.6 Å². The van der Waals surface area contributed by atoms with Crippen molar-refractivity contribution in [1.29, 1.82) is 0 Å². The van der Waals surface area contributed by atoms with Gasteiger partial charge in [-0.2, -0.15) is 5.10 Å². The first kappa shape index (κ1) is 18.4. The van der Waals surface area contributed by atoms with Crippen LogP contribution in [0.1, 0.15) is 37.2 Å². The summed E-state index contributed by atoms with van der Waals surface area (Å²) in [5, 5.41) is 16.3. The van der Waals surface area contributed by atoms with E-state index in [0.29, 0.717) is 10.7 Å². The van der Waals surface area contributed by atoms with Gasteiger partial charge < -0.3 is 5.32 Å². The number of non-ortho nitro benzene ring substituents is 1. The molecular weight excluding hydrogens is 348 g/mol. The number of nitro groups is 1. The van der Waals surface area contributed by atoms with Gasteiger partial charge in [-0.05, 0) is 25.1 Å². The molecule has 1 atom stereocenters. The van der Waals surface area contributed by atoms with E-state index in [2.05, 4.69) is 10.4 Å². The number of hydrogen-bond acceptors (Lipinski definition) is 4. The number of halogens is 4. The second-order valence-corrected chi connectivity index (χ2v) is 5.01. The smallest absolute Gasteiger partial charge is 0.282 e. The SMILES string of the molecule is CC(C(=O)Nc1ccc([N+](=O)[O-])cc1)n1nc(C(F)F)cc1C(F)F. The van der Waals surface area contributed by atoms with Crippen LogP contribution in [0, 0.1) is 10.1 Å². The monoisotopic (exact) mass is 360 g/mol. The third-order valence-electron chi connectivity index (χ3n) is 3.32. The number of aromatic nitrogens is 2. The Kier molecular flexibility index (Phi) is 5.35. The van der Waals surface area contributed by atoms with Crippen molar-refractivity contribution in [2.75, 3.05) is 5.32 Å². The molecule has 2 rings (SSSR count). The van der Waals surface area contributed by atoms with Crippen molar-refractivity contribution < 1.29 is 27.3 Å². The number of rotatable bonds is 6. The van der Waals surface area contributed by atoms with Gasteiger partial charge in [-0.3, -0.25) is 19.6 Å². The summed E-state index contributed by atoms with van der Waals surface area (Å²) in [6.07, 6.45) is -6.14. The lowest BCUT2D eigenvalue weighted by atomic mass is 10.2. The third kappa shape index (κ3) is 4.11. The Morgan fingerprint density at radius 1 is 1.20 bits per heavy atom. The minimum atomic E-state index is -3.09. The van der Waals surface area contributed by atoms with E-state index in [1.54, 1.807) is 0 Å². The summed E-state index contributed by atoms with van der Waals surface area (Å²) >= 11 is 0. The van der Waals surface area contributed by atoms with Crippen molar-refractivity contribution in [2.24, 2.45) is 0 Å². The first-order chi connectivity index (χ1) is 11.7. The number of amides is 1. The second kappa shape index (κ2) is 7.28. The Morgan fingerprint density at radius 2 is 1.80 bits per heavy atom. The molecule has 0 saturated heterocycles. The molecule has 0 spiro atoms. The van der Waals surface area contributed by atoms with Gasteiger partial charge in [0.2, 0.25) is 5.91 Å². The molecule has 0 aliphatic heterocycles. The lowest BCUT2D eigenvalue weighted by molar-refractivity contribution is -0.384. The number of nitrogens with one attached hydrogen (secondary N) is 1. The lowest BCUT2D eigenvalue weighted by Crippen LogP contribution is -2.26. The highest BCUT2D eigenvalue weighted by molar-refractivity contribution is 5.93. The summed E-state index contributed by atoms with van der Waals surface area (Å²) in [6.45, 7) is 1.22. The quantitative estimate of drug-likeness (QED) is 0.481. The first-order valence-corrected chi connectivity index (χ1v) is 6.91. The Morgan fingerprint density at radius 3 is 2.28 bits per heavy atom. The number of nitrogens with zero attached hydrogens (tertiary/aromatic N) is 3. The molecule has 0 bridgehead atoms. The van der Waals surface area contributed by atoms with Crippen LogP contribution in [0.3, 0.4) is 0 Å². The fourth-order valence-corrected chi connectivity index (χ4v) is 2.03. The number of nitro benzene ring substituents is 1. The zero-order valence-corrected chi connectivity index (χ0v) is 12.7. The van der Waals surface area contributed by atoms with Crippen LogP contribution in [0.4, 0.5) is 28.9 Å². The van der Waals surface area contributed by atoms with Crippen LogP contribution in [0.2, 0.25) is 0 Å². The molecule has 1 N–H and O–H groups in total. The van der Waals surface area contributed by atoms with Crippen molar-refractivity contribution in [3.05, 3.63) is 51.8 Å². The van der Waals surface area contributed by atoms with Gasteiger partial charge in [0, 0.05) is 17.8 Å². The number of hydrogen-bond donors (Lipinski definition) is 1. The van der Waals surface area contributed by atoms with Gasteiger partial charge in [0.05, 0.1) is 4.92 Å². The first-order valence-electron chi connectivity index (χ1n) is 6.91. The molecule has 1 aromatic heterocycles. The van der Waals surface area contributed by atoms with Crippen LogP contribution >= 0.6 is 0 Å². The Bertz CT molecular complexity index is 777. The van der Waals surface area contributed by atoms with Crippen molar-refractivity contribution in [3.63, 3.8) is 0 Å². The van der Waals surface area contributed by atoms with E-state index in [1.807, 2.05) is 0 Å². The topological polar surface area (TPSA) is 90.1 Å². The molecule has 1 heterocycles. The zero-order valence-electron chi connectivity index (χ0n) is 12.7. The highest BCUT2D eigenvalue weighted by Crippen LogP contribution is 2.28. The molecule has 25 heavy (non-hydrogen) atoms. The molecule has 2 aromatic rings. The Hall–Kier alpha value is -2.98. The Labute approximate surface area is 138 Å². The van der Waals surface area contributed by atoms with E-state index in [9.17, 15) is 32.5 Å². The minimum Gasteiger partial charge on any atom is -0.324 e. The predicted octanol–water partition coefficient (Wildman–Crippen LogP) is 3.87. The fraction of sp³-hybridized carbons (Fsp3) is 0.286. The van der Waals surface area contributed by atoms with Crippen LogP contribution in [0.15, 0.2) is 30.3 Å². The average Bonchev–Trinajstić information content (AvgIpc) is 3.00. The van der Waals surface area contributed by atoms with E-state index < -0.39 is 41.1 Å². The van der Waals surface area contributed by atoms with Crippen molar-refractivity contribution in [1.82, 2.24) is 9.78 Å². The van der Waals surface area contributed by atoms with E-state index in [1.165, 1.54) is 19.1 Å². The van der Waals surface area contributed by atoms with Gasteiger partial charge in [-0.15, -0.1) is 0 Å². The normalized spacial score (nSPS) is 12.4. The van der Waals surface area contributed by atoms with Crippen LogP contribution in [0.5, 0.6) is 0 Å². The number of alkyl halides is 4. The molecule has 0 aliphatic carbocycles. The second-order valence-electron chi connectivity index (χ2n) is 5.01. The molecular formula is C14H12F4N4O3. The molecule has 1 amide bonds. The summed E-state index contributed by atoms with van der Waals surface area (Å²) in [4.78, 5) is 22.1.